The zero-order valence-electron chi connectivity index (χ0n) is 18.0. The second kappa shape index (κ2) is 10.2. The molecule has 0 aliphatic heterocycles. The highest BCUT2D eigenvalue weighted by atomic mass is 32.1. The Balaban J connectivity index is 1.59. The summed E-state index contributed by atoms with van der Waals surface area (Å²) in [5.74, 6) is 0.861. The summed E-state index contributed by atoms with van der Waals surface area (Å²) in [6.45, 7) is 0.992. The Bertz CT molecular complexity index is 1400. The average molecular weight is 462 g/mol. The van der Waals surface area contributed by atoms with E-state index >= 15 is 0 Å². The maximum absolute atomic E-state index is 13.0. The number of benzene rings is 3. The van der Waals surface area contributed by atoms with Crippen LogP contribution < -0.4 is 15.6 Å². The number of hydrogen-bond acceptors (Lipinski definition) is 5. The lowest BCUT2D eigenvalue weighted by molar-refractivity contribution is 0.102. The number of para-hydroxylation sites is 3. The minimum absolute atomic E-state index is 0.196. The van der Waals surface area contributed by atoms with Crippen molar-refractivity contribution in [2.24, 2.45) is 0 Å². The molecule has 3 aromatic carbocycles. The number of rotatable bonds is 8. The van der Waals surface area contributed by atoms with Gasteiger partial charge in [-0.3, -0.25) is 14.2 Å². The zero-order chi connectivity index (χ0) is 23.2. The number of ether oxygens (including phenoxy) is 2. The lowest BCUT2D eigenvalue weighted by Gasteiger charge is -2.13. The predicted octanol–water partition coefficient (Wildman–Crippen LogP) is 5.14. The van der Waals surface area contributed by atoms with Crippen molar-refractivity contribution in [3.05, 3.63) is 93.5 Å². The van der Waals surface area contributed by atoms with Crippen molar-refractivity contribution in [3.8, 4) is 11.5 Å². The van der Waals surface area contributed by atoms with Crippen molar-refractivity contribution in [3.63, 3.8) is 0 Å². The summed E-state index contributed by atoms with van der Waals surface area (Å²) in [5.41, 5.74) is 1.24. The highest BCUT2D eigenvalue weighted by Gasteiger charge is 2.13. The van der Waals surface area contributed by atoms with Crippen molar-refractivity contribution in [1.82, 2.24) is 9.55 Å². The van der Waals surface area contributed by atoms with Crippen LogP contribution in [0.5, 0.6) is 11.5 Å². The van der Waals surface area contributed by atoms with Gasteiger partial charge in [0.1, 0.15) is 5.75 Å². The molecule has 8 heteroatoms. The fourth-order valence-corrected chi connectivity index (χ4v) is 3.72. The Labute approximate surface area is 195 Å². The molecule has 0 saturated carbocycles. The Kier molecular flexibility index (Phi) is 6.97. The van der Waals surface area contributed by atoms with E-state index in [9.17, 15) is 9.59 Å². The first-order valence-corrected chi connectivity index (χ1v) is 10.9. The highest BCUT2D eigenvalue weighted by molar-refractivity contribution is 7.71. The number of hydrogen-bond donors (Lipinski definition) is 2. The third-order valence-corrected chi connectivity index (χ3v) is 5.40. The van der Waals surface area contributed by atoms with Crippen LogP contribution in [0.1, 0.15) is 16.8 Å². The van der Waals surface area contributed by atoms with E-state index in [-0.39, 0.29) is 11.5 Å². The number of anilines is 1. The number of amides is 1. The molecule has 33 heavy (non-hydrogen) atoms. The Hall–Kier alpha value is -3.75. The average Bonchev–Trinajstić information content (AvgIpc) is 2.83. The Morgan fingerprint density at radius 1 is 1.06 bits per heavy atom. The van der Waals surface area contributed by atoms with Gasteiger partial charge < -0.3 is 19.8 Å². The van der Waals surface area contributed by atoms with Crippen LogP contribution in [0.3, 0.4) is 0 Å². The summed E-state index contributed by atoms with van der Waals surface area (Å²) in [7, 11) is 1.61. The number of methoxy groups -OCH3 is 1. The number of H-pyrrole nitrogens is 1. The van der Waals surface area contributed by atoms with Crippen LogP contribution in [-0.4, -0.2) is 29.2 Å². The topological polar surface area (TPSA) is 85.3 Å². The maximum atomic E-state index is 13.0. The van der Waals surface area contributed by atoms with Gasteiger partial charge in [-0.2, -0.15) is 0 Å². The SMILES string of the molecule is COCCCn1c(=S)[nH]c2cc(C(=O)Nc3ccccc3Oc3ccccc3)ccc2c1=O. The first-order chi connectivity index (χ1) is 16.1. The number of aromatic amines is 1. The molecule has 0 spiro atoms. The van der Waals surface area contributed by atoms with Gasteiger partial charge in [0.05, 0.1) is 16.6 Å². The minimum atomic E-state index is -0.329. The summed E-state index contributed by atoms with van der Waals surface area (Å²) in [4.78, 5) is 28.9. The van der Waals surface area contributed by atoms with Crippen LogP contribution >= 0.6 is 12.2 Å². The molecule has 0 atom stereocenters. The lowest BCUT2D eigenvalue weighted by Crippen LogP contribution is -2.23. The third-order valence-electron chi connectivity index (χ3n) is 5.08. The van der Waals surface area contributed by atoms with E-state index in [1.165, 1.54) is 4.57 Å². The molecule has 0 unspecified atom stereocenters. The van der Waals surface area contributed by atoms with Crippen LogP contribution in [0.4, 0.5) is 5.69 Å². The largest absolute Gasteiger partial charge is 0.455 e. The van der Waals surface area contributed by atoms with Crippen molar-refractivity contribution in [2.45, 2.75) is 13.0 Å². The van der Waals surface area contributed by atoms with Crippen LogP contribution in [0, 0.1) is 4.77 Å². The van der Waals surface area contributed by atoms with Gasteiger partial charge in [0.15, 0.2) is 10.5 Å². The zero-order valence-corrected chi connectivity index (χ0v) is 18.9. The molecule has 4 rings (SSSR count). The smallest absolute Gasteiger partial charge is 0.262 e. The molecule has 0 saturated heterocycles. The summed E-state index contributed by atoms with van der Waals surface area (Å²) in [6, 6.07) is 21.4. The highest BCUT2D eigenvalue weighted by Crippen LogP contribution is 2.29. The molecule has 7 nitrogen and oxygen atoms in total. The lowest BCUT2D eigenvalue weighted by atomic mass is 10.1. The van der Waals surface area contributed by atoms with Gasteiger partial charge in [0, 0.05) is 25.8 Å². The van der Waals surface area contributed by atoms with Gasteiger partial charge in [-0.15, -0.1) is 0 Å². The summed E-state index contributed by atoms with van der Waals surface area (Å²) in [5, 5.41) is 3.35. The van der Waals surface area contributed by atoms with Crippen LogP contribution in [-0.2, 0) is 11.3 Å². The van der Waals surface area contributed by atoms with Crippen LogP contribution in [0.15, 0.2) is 77.6 Å². The molecule has 0 bridgehead atoms. The number of nitrogens with zero attached hydrogens (tertiary/aromatic N) is 1. The monoisotopic (exact) mass is 461 g/mol. The van der Waals surface area contributed by atoms with E-state index in [0.29, 0.717) is 58.0 Å². The van der Waals surface area contributed by atoms with Crippen molar-refractivity contribution < 1.29 is 14.3 Å². The van der Waals surface area contributed by atoms with E-state index in [4.69, 9.17) is 21.7 Å². The van der Waals surface area contributed by atoms with E-state index in [0.717, 1.165) is 0 Å². The van der Waals surface area contributed by atoms with Gasteiger partial charge in [0.25, 0.3) is 11.5 Å². The molecule has 2 N–H and O–H groups in total. The van der Waals surface area contributed by atoms with E-state index in [1.54, 1.807) is 37.4 Å². The van der Waals surface area contributed by atoms with E-state index in [2.05, 4.69) is 10.3 Å². The number of nitrogens with one attached hydrogen (secondary N) is 2. The van der Waals surface area contributed by atoms with Crippen LogP contribution in [0.2, 0.25) is 0 Å². The van der Waals surface area contributed by atoms with E-state index < -0.39 is 0 Å². The van der Waals surface area contributed by atoms with Gasteiger partial charge in [-0.05, 0) is 61.1 Å². The molecule has 1 heterocycles. The summed E-state index contributed by atoms with van der Waals surface area (Å²) in [6.07, 6.45) is 0.671. The van der Waals surface area contributed by atoms with Gasteiger partial charge in [-0.25, -0.2) is 0 Å². The second-order valence-electron chi connectivity index (χ2n) is 7.36. The molecule has 0 aliphatic carbocycles. The third kappa shape index (κ3) is 5.19. The summed E-state index contributed by atoms with van der Waals surface area (Å²) < 4.78 is 12.8. The van der Waals surface area contributed by atoms with E-state index in [1.807, 2.05) is 42.5 Å². The normalized spacial score (nSPS) is 10.8. The van der Waals surface area contributed by atoms with Crippen molar-refractivity contribution >= 4 is 34.7 Å². The van der Waals surface area contributed by atoms with Gasteiger partial charge in [0.2, 0.25) is 0 Å². The summed E-state index contributed by atoms with van der Waals surface area (Å²) >= 11 is 5.36. The first-order valence-electron chi connectivity index (χ1n) is 10.5. The predicted molar refractivity (Wildman–Crippen MR) is 131 cm³/mol. The Morgan fingerprint density at radius 3 is 2.61 bits per heavy atom. The molecular weight excluding hydrogens is 438 g/mol. The molecule has 0 radical (unpaired) electrons. The standard InChI is InChI=1S/C25H23N3O4S/c1-31-15-7-14-28-24(30)19-13-12-17(16-21(19)27-25(28)33)23(29)26-20-10-5-6-11-22(20)32-18-8-3-2-4-9-18/h2-6,8-13,16H,7,14-15H2,1H3,(H,26,29)(H,27,33). The molecular formula is C25H23N3O4S. The molecule has 0 aliphatic rings. The Morgan fingerprint density at radius 2 is 1.82 bits per heavy atom. The maximum Gasteiger partial charge on any atom is 0.262 e. The number of fused-ring (bicyclic) bond motifs is 1. The quantitative estimate of drug-likeness (QED) is 0.280. The van der Waals surface area contributed by atoms with Gasteiger partial charge in [-0.1, -0.05) is 30.3 Å². The number of carbonyl (C=O) groups excluding carboxylic acids is 1. The first kappa shape index (κ1) is 22.4. The van der Waals surface area contributed by atoms with Crippen molar-refractivity contribution in [2.75, 3.05) is 19.0 Å². The molecule has 1 aromatic heterocycles. The van der Waals surface area contributed by atoms with Crippen LogP contribution in [0.25, 0.3) is 10.9 Å². The number of carbonyl (C=O) groups is 1. The second-order valence-corrected chi connectivity index (χ2v) is 7.75. The number of aromatic nitrogens is 2. The fraction of sp³-hybridized carbons (Fsp3) is 0.160. The minimum Gasteiger partial charge on any atom is -0.455 e. The molecule has 1 amide bonds. The fourth-order valence-electron chi connectivity index (χ4n) is 3.43. The molecule has 0 fully saturated rings. The molecule has 4 aromatic rings. The van der Waals surface area contributed by atoms with Crippen molar-refractivity contribution in [1.29, 1.82) is 0 Å². The van der Waals surface area contributed by atoms with Gasteiger partial charge >= 0.3 is 0 Å². The molecule has 168 valence electrons.